The van der Waals surface area contributed by atoms with Crippen LogP contribution < -0.4 is 10.5 Å². The number of sulfonamides is 1. The Bertz CT molecular complexity index is 644. The molecule has 1 aromatic rings. The zero-order valence-corrected chi connectivity index (χ0v) is 12.9. The first-order valence-corrected chi connectivity index (χ1v) is 7.70. The highest BCUT2D eigenvalue weighted by Crippen LogP contribution is 2.23. The number of carboxylic acids is 1. The van der Waals surface area contributed by atoms with Gasteiger partial charge in [0.1, 0.15) is 6.04 Å². The van der Waals surface area contributed by atoms with E-state index >= 15 is 0 Å². The van der Waals surface area contributed by atoms with Gasteiger partial charge in [0, 0.05) is 4.47 Å². The lowest BCUT2D eigenvalue weighted by atomic mass is 10.2. The molecule has 0 aliphatic heterocycles. The number of carboxylic acid groups (broad SMARTS) is 1. The van der Waals surface area contributed by atoms with Crippen LogP contribution in [0.2, 0.25) is 0 Å². The van der Waals surface area contributed by atoms with E-state index in [1.54, 1.807) is 19.1 Å². The molecule has 0 saturated carbocycles. The summed E-state index contributed by atoms with van der Waals surface area (Å²) in [7, 11) is -4.08. The fourth-order valence-corrected chi connectivity index (χ4v) is 3.84. The van der Waals surface area contributed by atoms with Gasteiger partial charge in [-0.25, -0.2) is 8.42 Å². The van der Waals surface area contributed by atoms with Gasteiger partial charge in [0.2, 0.25) is 15.9 Å². The summed E-state index contributed by atoms with van der Waals surface area (Å²) >= 11 is 3.10. The van der Waals surface area contributed by atoms with Gasteiger partial charge in [-0.2, -0.15) is 4.72 Å². The molecule has 1 atom stereocenters. The summed E-state index contributed by atoms with van der Waals surface area (Å²) in [6, 6.07) is 2.89. The second kappa shape index (κ2) is 6.33. The number of nitrogens with one attached hydrogen (secondary N) is 1. The largest absolute Gasteiger partial charge is 0.480 e. The molecule has 4 N–H and O–H groups in total. The van der Waals surface area contributed by atoms with E-state index in [0.717, 1.165) is 5.56 Å². The summed E-state index contributed by atoms with van der Waals surface area (Å²) in [6.07, 6.45) is -0.627. The number of aryl methyl sites for hydroxylation is 1. The van der Waals surface area contributed by atoms with Crippen LogP contribution >= 0.6 is 15.9 Å². The SMILES string of the molecule is Cc1ccc(S(=O)(=O)N[C@H](CC(N)=O)C(=O)O)c(Br)c1. The summed E-state index contributed by atoms with van der Waals surface area (Å²) in [6.45, 7) is 1.78. The van der Waals surface area contributed by atoms with Gasteiger partial charge >= 0.3 is 5.97 Å². The number of rotatable bonds is 6. The number of primary amides is 1. The fraction of sp³-hybridized carbons (Fsp3) is 0.273. The lowest BCUT2D eigenvalue weighted by Gasteiger charge is -2.14. The molecule has 20 heavy (non-hydrogen) atoms. The number of aliphatic carboxylic acids is 1. The standard InChI is InChI=1S/C11H13BrN2O5S/c1-6-2-3-9(7(12)4-6)20(18,19)14-8(11(16)17)5-10(13)15/h2-4,8,14H,5H2,1H3,(H2,13,15)(H,16,17)/t8-/m1/s1. The lowest BCUT2D eigenvalue weighted by molar-refractivity contribution is -0.140. The number of carbonyl (C=O) groups excluding carboxylic acids is 1. The molecule has 1 amide bonds. The van der Waals surface area contributed by atoms with Crippen LogP contribution in [0.25, 0.3) is 0 Å². The van der Waals surface area contributed by atoms with Crippen LogP contribution in [0.15, 0.2) is 27.6 Å². The molecule has 0 fully saturated rings. The first kappa shape index (κ1) is 16.6. The summed E-state index contributed by atoms with van der Waals surface area (Å²) in [5.74, 6) is -2.39. The van der Waals surface area contributed by atoms with Crippen molar-refractivity contribution in [3.63, 3.8) is 0 Å². The summed E-state index contributed by atoms with van der Waals surface area (Å²) < 4.78 is 26.5. The molecule has 110 valence electrons. The number of hydrogen-bond donors (Lipinski definition) is 3. The first-order valence-electron chi connectivity index (χ1n) is 5.43. The number of hydrogen-bond acceptors (Lipinski definition) is 4. The highest BCUT2D eigenvalue weighted by Gasteiger charge is 2.28. The van der Waals surface area contributed by atoms with Gasteiger partial charge in [-0.1, -0.05) is 6.07 Å². The van der Waals surface area contributed by atoms with E-state index in [2.05, 4.69) is 15.9 Å². The molecule has 0 spiro atoms. The number of carbonyl (C=O) groups is 2. The van der Waals surface area contributed by atoms with Crippen LogP contribution in [0.3, 0.4) is 0 Å². The van der Waals surface area contributed by atoms with Crippen LogP contribution in [-0.4, -0.2) is 31.4 Å². The fourth-order valence-electron chi connectivity index (χ4n) is 1.46. The summed E-state index contributed by atoms with van der Waals surface area (Å²) in [5, 5.41) is 8.90. The van der Waals surface area contributed by atoms with Crippen molar-refractivity contribution in [3.8, 4) is 0 Å². The van der Waals surface area contributed by atoms with Crippen molar-refractivity contribution in [1.29, 1.82) is 0 Å². The van der Waals surface area contributed by atoms with Gasteiger partial charge in [-0.3, -0.25) is 9.59 Å². The molecule has 0 aliphatic rings. The molecule has 1 aromatic carbocycles. The molecule has 0 saturated heterocycles. The van der Waals surface area contributed by atoms with Crippen LogP contribution in [-0.2, 0) is 19.6 Å². The van der Waals surface area contributed by atoms with Crippen LogP contribution in [0, 0.1) is 6.92 Å². The second-order valence-electron chi connectivity index (χ2n) is 4.12. The maximum atomic E-state index is 12.1. The van der Waals surface area contributed by atoms with Gasteiger partial charge in [0.25, 0.3) is 0 Å². The van der Waals surface area contributed by atoms with E-state index in [4.69, 9.17) is 10.8 Å². The van der Waals surface area contributed by atoms with E-state index in [9.17, 15) is 18.0 Å². The Labute approximate surface area is 124 Å². The molecular weight excluding hydrogens is 352 g/mol. The average molecular weight is 365 g/mol. The van der Waals surface area contributed by atoms with Gasteiger partial charge < -0.3 is 10.8 Å². The molecule has 0 aliphatic carbocycles. The van der Waals surface area contributed by atoms with Crippen molar-refractivity contribution < 1.29 is 23.1 Å². The summed E-state index contributed by atoms with van der Waals surface area (Å²) in [4.78, 5) is 21.6. The Morgan fingerprint density at radius 2 is 2.05 bits per heavy atom. The smallest absolute Gasteiger partial charge is 0.322 e. The topological polar surface area (TPSA) is 127 Å². The molecule has 0 radical (unpaired) electrons. The normalized spacial score (nSPS) is 12.9. The van der Waals surface area contributed by atoms with Crippen molar-refractivity contribution in [1.82, 2.24) is 4.72 Å². The molecule has 0 aromatic heterocycles. The van der Waals surface area contributed by atoms with Gasteiger partial charge in [0.15, 0.2) is 0 Å². The molecule has 1 rings (SSSR count). The third-order valence-corrected chi connectivity index (χ3v) is 4.83. The average Bonchev–Trinajstić information content (AvgIpc) is 2.26. The molecule has 9 heteroatoms. The van der Waals surface area contributed by atoms with Crippen LogP contribution in [0.1, 0.15) is 12.0 Å². The van der Waals surface area contributed by atoms with E-state index in [1.165, 1.54) is 6.07 Å². The van der Waals surface area contributed by atoms with Gasteiger partial charge in [-0.15, -0.1) is 0 Å². The van der Waals surface area contributed by atoms with Gasteiger partial charge in [-0.05, 0) is 40.5 Å². The monoisotopic (exact) mass is 364 g/mol. The van der Waals surface area contributed by atoms with Crippen LogP contribution in [0.4, 0.5) is 0 Å². The minimum Gasteiger partial charge on any atom is -0.480 e. The highest BCUT2D eigenvalue weighted by atomic mass is 79.9. The van der Waals surface area contributed by atoms with Crippen molar-refractivity contribution >= 4 is 37.8 Å². The predicted molar refractivity (Wildman–Crippen MR) is 74.4 cm³/mol. The molecule has 0 unspecified atom stereocenters. The highest BCUT2D eigenvalue weighted by molar-refractivity contribution is 9.10. The maximum absolute atomic E-state index is 12.1. The molecule has 0 bridgehead atoms. The van der Waals surface area contributed by atoms with Crippen molar-refractivity contribution in [2.45, 2.75) is 24.3 Å². The molecule has 7 nitrogen and oxygen atoms in total. The van der Waals surface area contributed by atoms with Crippen molar-refractivity contribution in [3.05, 3.63) is 28.2 Å². The molecular formula is C11H13BrN2O5S. The Kier molecular flexibility index (Phi) is 5.26. The minimum atomic E-state index is -4.08. The Balaban J connectivity index is 3.09. The maximum Gasteiger partial charge on any atom is 0.322 e. The zero-order chi connectivity index (χ0) is 15.5. The first-order chi connectivity index (χ1) is 9.13. The predicted octanol–water partition coefficient (Wildman–Crippen LogP) is 0.364. The number of nitrogens with two attached hydrogens (primary N) is 1. The number of amides is 1. The Morgan fingerprint density at radius 3 is 2.50 bits per heavy atom. The quantitative estimate of drug-likeness (QED) is 0.671. The van der Waals surface area contributed by atoms with Crippen LogP contribution in [0.5, 0.6) is 0 Å². The lowest BCUT2D eigenvalue weighted by Crippen LogP contribution is -2.43. The van der Waals surface area contributed by atoms with E-state index < -0.39 is 34.4 Å². The zero-order valence-electron chi connectivity index (χ0n) is 10.5. The third kappa shape index (κ3) is 4.29. The van der Waals surface area contributed by atoms with Gasteiger partial charge in [0.05, 0.1) is 11.3 Å². The number of halogens is 1. The van der Waals surface area contributed by atoms with E-state index in [-0.39, 0.29) is 4.90 Å². The Morgan fingerprint density at radius 1 is 1.45 bits per heavy atom. The van der Waals surface area contributed by atoms with E-state index in [0.29, 0.717) is 4.47 Å². The molecule has 0 heterocycles. The van der Waals surface area contributed by atoms with Crippen molar-refractivity contribution in [2.75, 3.05) is 0 Å². The summed E-state index contributed by atoms with van der Waals surface area (Å²) in [5.41, 5.74) is 5.73. The Hall–Kier alpha value is -1.45. The minimum absolute atomic E-state index is 0.112. The van der Waals surface area contributed by atoms with Crippen molar-refractivity contribution in [2.24, 2.45) is 5.73 Å². The van der Waals surface area contributed by atoms with E-state index in [1.807, 2.05) is 4.72 Å². The third-order valence-electron chi connectivity index (χ3n) is 2.38. The number of benzene rings is 1. The second-order valence-corrected chi connectivity index (χ2v) is 6.65.